The molecule has 2 aromatic carbocycles. The summed E-state index contributed by atoms with van der Waals surface area (Å²) in [5, 5.41) is 0. The van der Waals surface area contributed by atoms with E-state index < -0.39 is 17.5 Å². The predicted molar refractivity (Wildman–Crippen MR) is 113 cm³/mol. The van der Waals surface area contributed by atoms with Crippen LogP contribution in [0.5, 0.6) is 11.5 Å². The molecule has 0 fully saturated rings. The van der Waals surface area contributed by atoms with Crippen molar-refractivity contribution < 1.29 is 32.2 Å². The number of amides is 1. The molecule has 2 heterocycles. The first-order valence-electron chi connectivity index (χ1n) is 10.0. The number of ether oxygens (including phenoxy) is 2. The summed E-state index contributed by atoms with van der Waals surface area (Å²) in [6.07, 6.45) is -1.66. The Labute approximate surface area is 187 Å². The molecule has 0 N–H and O–H groups in total. The first kappa shape index (κ1) is 22.3. The molecule has 170 valence electrons. The predicted octanol–water partition coefficient (Wildman–Crippen LogP) is 4.54. The number of pyridine rings is 1. The van der Waals surface area contributed by atoms with E-state index in [-0.39, 0.29) is 24.6 Å². The minimum Gasteiger partial charge on any atom is -0.495 e. The zero-order chi connectivity index (χ0) is 23.6. The Hall–Kier alpha value is -3.88. The molecule has 1 aromatic heterocycles. The van der Waals surface area contributed by atoms with Gasteiger partial charge < -0.3 is 14.4 Å². The number of ketones is 1. The molecule has 4 rings (SSSR count). The first-order valence-corrected chi connectivity index (χ1v) is 10.0. The van der Waals surface area contributed by atoms with Crippen molar-refractivity contribution in [3.8, 4) is 22.6 Å². The van der Waals surface area contributed by atoms with Crippen LogP contribution in [0.2, 0.25) is 0 Å². The lowest BCUT2D eigenvalue weighted by molar-refractivity contribution is -0.0885. The summed E-state index contributed by atoms with van der Waals surface area (Å²) in [7, 11) is 1.56. The molecule has 0 spiro atoms. The zero-order valence-corrected chi connectivity index (χ0v) is 17.6. The third-order valence-corrected chi connectivity index (χ3v) is 5.26. The fraction of sp³-hybridized carbons (Fsp3) is 0.208. The lowest BCUT2D eigenvalue weighted by Gasteiger charge is -2.20. The van der Waals surface area contributed by atoms with Crippen LogP contribution in [0.15, 0.2) is 60.9 Å². The largest absolute Gasteiger partial charge is 0.495 e. The minimum atomic E-state index is -4.96. The topological polar surface area (TPSA) is 68.7 Å². The van der Waals surface area contributed by atoms with E-state index in [2.05, 4.69) is 4.98 Å². The minimum absolute atomic E-state index is 0.185. The van der Waals surface area contributed by atoms with Crippen LogP contribution in [0.4, 0.5) is 13.2 Å². The number of benzene rings is 2. The molecule has 0 aliphatic carbocycles. The Bertz CT molecular complexity index is 1190. The molecule has 1 aliphatic heterocycles. The van der Waals surface area contributed by atoms with E-state index in [1.807, 2.05) is 24.3 Å². The monoisotopic (exact) mass is 456 g/mol. The maximum atomic E-state index is 13.0. The van der Waals surface area contributed by atoms with Gasteiger partial charge in [-0.1, -0.05) is 18.2 Å². The Morgan fingerprint density at radius 3 is 2.42 bits per heavy atom. The lowest BCUT2D eigenvalue weighted by atomic mass is 10.0. The summed E-state index contributed by atoms with van der Waals surface area (Å²) in [5.41, 5.74) is 2.16. The highest BCUT2D eigenvalue weighted by Gasteiger charge is 2.39. The van der Waals surface area contributed by atoms with Gasteiger partial charge in [0.15, 0.2) is 0 Å². The molecule has 6 nitrogen and oxygen atoms in total. The number of Topliss-reactive ketones (excluding diaryl/α,β-unsaturated/α-hetero) is 1. The van der Waals surface area contributed by atoms with Crippen molar-refractivity contribution in [3.05, 3.63) is 77.6 Å². The van der Waals surface area contributed by atoms with Gasteiger partial charge in [0.25, 0.3) is 11.7 Å². The second-order valence-electron chi connectivity index (χ2n) is 7.42. The van der Waals surface area contributed by atoms with Crippen LogP contribution in [0.25, 0.3) is 11.1 Å². The molecule has 0 saturated heterocycles. The van der Waals surface area contributed by atoms with E-state index in [0.717, 1.165) is 28.8 Å². The van der Waals surface area contributed by atoms with Gasteiger partial charge in [-0.05, 0) is 35.9 Å². The van der Waals surface area contributed by atoms with Crippen molar-refractivity contribution in [1.29, 1.82) is 0 Å². The zero-order valence-electron chi connectivity index (χ0n) is 17.6. The molecular weight excluding hydrogens is 437 g/mol. The summed E-state index contributed by atoms with van der Waals surface area (Å²) < 4.78 is 48.9. The maximum absolute atomic E-state index is 13.0. The van der Waals surface area contributed by atoms with Crippen molar-refractivity contribution in [2.24, 2.45) is 0 Å². The Kier molecular flexibility index (Phi) is 6.04. The molecule has 1 aliphatic rings. The van der Waals surface area contributed by atoms with Gasteiger partial charge >= 0.3 is 6.18 Å². The van der Waals surface area contributed by atoms with Crippen LogP contribution in [0.1, 0.15) is 26.3 Å². The summed E-state index contributed by atoms with van der Waals surface area (Å²) in [6, 6.07) is 12.0. The normalized spacial score (nSPS) is 13.5. The highest BCUT2D eigenvalue weighted by molar-refractivity contribution is 6.01. The van der Waals surface area contributed by atoms with Crippen LogP contribution in [-0.2, 0) is 6.54 Å². The average Bonchev–Trinajstić information content (AvgIpc) is 3.04. The van der Waals surface area contributed by atoms with Gasteiger partial charge in [0.1, 0.15) is 18.1 Å². The van der Waals surface area contributed by atoms with Crippen molar-refractivity contribution in [2.75, 3.05) is 20.3 Å². The first-order chi connectivity index (χ1) is 15.8. The second-order valence-corrected chi connectivity index (χ2v) is 7.42. The molecule has 0 bridgehead atoms. The van der Waals surface area contributed by atoms with Gasteiger partial charge in [0.05, 0.1) is 19.9 Å². The molecule has 9 heteroatoms. The molecule has 3 aromatic rings. The number of hydrogen-bond donors (Lipinski definition) is 0. The quantitative estimate of drug-likeness (QED) is 0.540. The number of aromatic nitrogens is 1. The summed E-state index contributed by atoms with van der Waals surface area (Å²) in [6.45, 7) is 0.818. The SMILES string of the molecule is COc1cncc(-c2ccc3c(c2)CN(C(=O)c2ccc(C(=O)C(F)(F)F)cc2)CCO3)c1. The molecule has 0 atom stereocenters. The molecule has 0 saturated carbocycles. The van der Waals surface area contributed by atoms with Gasteiger partial charge in [-0.3, -0.25) is 14.6 Å². The van der Waals surface area contributed by atoms with Crippen LogP contribution in [0.3, 0.4) is 0 Å². The van der Waals surface area contributed by atoms with E-state index in [9.17, 15) is 22.8 Å². The van der Waals surface area contributed by atoms with Crippen LogP contribution in [0, 0.1) is 0 Å². The molecule has 0 unspecified atom stereocenters. The van der Waals surface area contributed by atoms with Crippen molar-refractivity contribution >= 4 is 11.7 Å². The maximum Gasteiger partial charge on any atom is 0.454 e. The Morgan fingerprint density at radius 1 is 1.00 bits per heavy atom. The molecule has 0 radical (unpaired) electrons. The average molecular weight is 456 g/mol. The Morgan fingerprint density at radius 2 is 1.73 bits per heavy atom. The number of fused-ring (bicyclic) bond motifs is 1. The van der Waals surface area contributed by atoms with Gasteiger partial charge in [-0.2, -0.15) is 13.2 Å². The lowest BCUT2D eigenvalue weighted by Crippen LogP contribution is -2.32. The number of alkyl halides is 3. The number of rotatable bonds is 4. The molecule has 33 heavy (non-hydrogen) atoms. The third kappa shape index (κ3) is 4.82. The fourth-order valence-electron chi connectivity index (χ4n) is 3.55. The van der Waals surface area contributed by atoms with Crippen LogP contribution >= 0.6 is 0 Å². The number of carbonyl (C=O) groups is 2. The van der Waals surface area contributed by atoms with E-state index >= 15 is 0 Å². The van der Waals surface area contributed by atoms with Crippen molar-refractivity contribution in [1.82, 2.24) is 9.88 Å². The number of halogens is 3. The second kappa shape index (κ2) is 8.93. The van der Waals surface area contributed by atoms with Crippen LogP contribution in [-0.4, -0.2) is 48.0 Å². The standard InChI is InChI=1S/C24H19F3N2O4/c1-32-20-11-18(12-28-13-20)17-6-7-21-19(10-17)14-29(8-9-33-21)23(31)16-4-2-15(3-5-16)22(30)24(25,26)27/h2-7,10-13H,8-9,14H2,1H3. The Balaban J connectivity index is 1.56. The van der Waals surface area contributed by atoms with E-state index in [0.29, 0.717) is 18.0 Å². The molecular formula is C24H19F3N2O4. The third-order valence-electron chi connectivity index (χ3n) is 5.26. The number of carbonyl (C=O) groups excluding carboxylic acids is 2. The summed E-state index contributed by atoms with van der Waals surface area (Å²) in [4.78, 5) is 30.1. The van der Waals surface area contributed by atoms with Crippen LogP contribution < -0.4 is 9.47 Å². The van der Waals surface area contributed by atoms with Gasteiger partial charge in [0, 0.05) is 35.0 Å². The van der Waals surface area contributed by atoms with Crippen molar-refractivity contribution in [3.63, 3.8) is 0 Å². The van der Waals surface area contributed by atoms with E-state index in [4.69, 9.17) is 9.47 Å². The van der Waals surface area contributed by atoms with E-state index in [1.165, 1.54) is 12.1 Å². The number of nitrogens with zero attached hydrogens (tertiary/aromatic N) is 2. The summed E-state index contributed by atoms with van der Waals surface area (Å²) >= 11 is 0. The van der Waals surface area contributed by atoms with Gasteiger partial charge in [-0.15, -0.1) is 0 Å². The van der Waals surface area contributed by atoms with Gasteiger partial charge in [0.2, 0.25) is 0 Å². The highest BCUT2D eigenvalue weighted by atomic mass is 19.4. The summed E-state index contributed by atoms with van der Waals surface area (Å²) in [5.74, 6) is -1.05. The number of hydrogen-bond acceptors (Lipinski definition) is 5. The highest BCUT2D eigenvalue weighted by Crippen LogP contribution is 2.31. The smallest absolute Gasteiger partial charge is 0.454 e. The fourth-order valence-corrected chi connectivity index (χ4v) is 3.55. The number of methoxy groups -OCH3 is 1. The molecule has 1 amide bonds. The van der Waals surface area contributed by atoms with E-state index in [1.54, 1.807) is 24.4 Å². The van der Waals surface area contributed by atoms with Crippen molar-refractivity contribution in [2.45, 2.75) is 12.7 Å². The van der Waals surface area contributed by atoms with Gasteiger partial charge in [-0.25, -0.2) is 0 Å².